The van der Waals surface area contributed by atoms with E-state index in [4.69, 9.17) is 35.8 Å². The van der Waals surface area contributed by atoms with Crippen LogP contribution in [0.15, 0.2) is 70.1 Å². The van der Waals surface area contributed by atoms with Crippen LogP contribution in [-0.4, -0.2) is 236 Å². The molecule has 3 fully saturated rings. The summed E-state index contributed by atoms with van der Waals surface area (Å²) < 4.78 is 62.5. The van der Waals surface area contributed by atoms with Crippen LogP contribution in [0, 0.1) is 18.8 Å². The summed E-state index contributed by atoms with van der Waals surface area (Å²) in [6.07, 6.45) is -2.37. The van der Waals surface area contributed by atoms with Gasteiger partial charge in [0.05, 0.1) is 33.9 Å². The molecule has 1 aromatic heterocycles. The van der Waals surface area contributed by atoms with E-state index in [1.165, 1.54) is 66.1 Å². The molecule has 3 saturated heterocycles. The number of nitrogens with zero attached hydrogens (tertiary/aromatic N) is 4. The predicted molar refractivity (Wildman–Crippen MR) is 399 cm³/mol. The number of benzene rings is 3. The van der Waals surface area contributed by atoms with Gasteiger partial charge in [-0.15, -0.1) is 0 Å². The Labute approximate surface area is 645 Å². The third kappa shape index (κ3) is 23.6. The summed E-state index contributed by atoms with van der Waals surface area (Å²) in [4.78, 5) is 190. The van der Waals surface area contributed by atoms with Crippen molar-refractivity contribution in [2.24, 2.45) is 34.0 Å². The molecule has 3 aromatic carbocycles. The van der Waals surface area contributed by atoms with Gasteiger partial charge < -0.3 is 107 Å². The average molecular weight is 1590 g/mol. The van der Waals surface area contributed by atoms with Gasteiger partial charge in [0.1, 0.15) is 78.0 Å². The summed E-state index contributed by atoms with van der Waals surface area (Å²) in [6.45, 7) is 10.5. The number of carbonyl (C=O) groups excluding carboxylic acids is 12. The normalized spacial score (nSPS) is 18.3. The van der Waals surface area contributed by atoms with Gasteiger partial charge in [-0.05, 0) is 125 Å². The Morgan fingerprint density at radius 1 is 0.607 bits per heavy atom. The lowest BCUT2D eigenvalue weighted by molar-refractivity contribution is -0.144. The fraction of sp³-hybridized carbons (Fsp3) is 0.534. The fourth-order valence-electron chi connectivity index (χ4n) is 13.5. The van der Waals surface area contributed by atoms with Crippen molar-refractivity contribution in [3.05, 3.63) is 83.1 Å². The van der Waals surface area contributed by atoms with E-state index in [2.05, 4.69) is 51.7 Å². The Morgan fingerprint density at radius 2 is 1.14 bits per heavy atom. The number of primary amides is 1. The van der Waals surface area contributed by atoms with E-state index in [1.54, 1.807) is 43.3 Å². The minimum Gasteiger partial charge on any atom is -0.497 e. The second-order valence-corrected chi connectivity index (χ2v) is 29.4. The zero-order chi connectivity index (χ0) is 82.7. The van der Waals surface area contributed by atoms with Gasteiger partial charge in [-0.25, -0.2) is 0 Å². The minimum absolute atomic E-state index is 0.000483. The number of carboxylic acid groups (broad SMARTS) is 1. The van der Waals surface area contributed by atoms with Crippen molar-refractivity contribution in [1.29, 1.82) is 0 Å². The number of aryl methyl sites for hydroxylation is 1. The molecule has 112 heavy (non-hydrogen) atoms. The molecule has 12 amide bonds. The summed E-state index contributed by atoms with van der Waals surface area (Å²) in [6, 6.07) is -1.40. The number of carbonyl (C=O) groups is 13. The van der Waals surface area contributed by atoms with Crippen molar-refractivity contribution >= 4 is 104 Å². The van der Waals surface area contributed by atoms with E-state index >= 15 is 0 Å². The second kappa shape index (κ2) is 39.5. The van der Waals surface area contributed by atoms with Gasteiger partial charge in [0.2, 0.25) is 70.7 Å². The number of hydrogen-bond acceptors (Lipinski definition) is 22. The van der Waals surface area contributed by atoms with Gasteiger partial charge in [-0.1, -0.05) is 55.8 Å². The Hall–Kier alpha value is -11.4. The molecule has 1 unspecified atom stereocenters. The number of nitrogens with one attached hydrogen (secondary N) is 8. The van der Waals surface area contributed by atoms with Crippen LogP contribution in [0.3, 0.4) is 0 Å². The summed E-state index contributed by atoms with van der Waals surface area (Å²) in [5.74, 6) is -13.0. The van der Waals surface area contributed by atoms with Gasteiger partial charge >= 0.3 is 16.5 Å². The van der Waals surface area contributed by atoms with Crippen molar-refractivity contribution in [2.75, 3.05) is 47.5 Å². The topological polar surface area (TPSA) is 543 Å². The fourth-order valence-corrected chi connectivity index (χ4v) is 13.8. The summed E-state index contributed by atoms with van der Waals surface area (Å²) in [7, 11) is -1.15. The van der Waals surface area contributed by atoms with E-state index in [-0.39, 0.29) is 99.1 Å². The number of aliphatic carboxylic acids is 1. The van der Waals surface area contributed by atoms with E-state index < -0.39 is 197 Å². The highest BCUT2D eigenvalue weighted by Gasteiger charge is 2.46. The molecule has 7 rings (SSSR count). The highest BCUT2D eigenvalue weighted by molar-refractivity contribution is 7.81. The van der Waals surface area contributed by atoms with Gasteiger partial charge in [-0.3, -0.25) is 67.3 Å². The Balaban J connectivity index is 1.03. The number of hydrogen-bond donors (Lipinski definition) is 13. The summed E-state index contributed by atoms with van der Waals surface area (Å²) in [5, 5.41) is 42.3. The monoisotopic (exact) mass is 1590 g/mol. The number of β-amino-alcohol motifs (C(OH)–C–C–N with tert-alkyl or cyclic N) is 1. The number of likely N-dealkylation sites (tertiary alicyclic amines) is 3. The van der Waals surface area contributed by atoms with Gasteiger partial charge in [-0.2, -0.15) is 8.42 Å². The van der Waals surface area contributed by atoms with Crippen molar-refractivity contribution in [2.45, 2.75) is 192 Å². The summed E-state index contributed by atoms with van der Waals surface area (Å²) >= 11 is 0. The smallest absolute Gasteiger partial charge is 0.488 e. The number of halogens is 1. The zero-order valence-corrected chi connectivity index (χ0v) is 64.6. The Bertz CT molecular complexity index is 4270. The molecule has 0 bridgehead atoms. The maximum atomic E-state index is 14.9. The highest BCUT2D eigenvalue weighted by atomic mass is 32.3. The van der Waals surface area contributed by atoms with Gasteiger partial charge in [0.15, 0.2) is 23.1 Å². The molecule has 0 radical (unpaired) electrons. The van der Waals surface area contributed by atoms with E-state index in [0.717, 1.165) is 21.9 Å². The number of aliphatic hydroxyl groups excluding tert-OH is 1. The molecule has 3 aliphatic rings. The number of ether oxygens (including phenoxy) is 3. The predicted octanol–water partition coefficient (Wildman–Crippen LogP) is -0.963. The van der Waals surface area contributed by atoms with Crippen LogP contribution < -0.4 is 78.1 Å². The standard InChI is InChI=1S/C73H100FN15O22S/c1-36(2)30-48(84-69(101)58-38(5)46-25-26-55(108-9)60(109-10)59(46)110-58)64(96)79-39(6)62(94)85-51(32-42-17-21-44(107-8)22-18-42)71(103)88-29-13-16-53(88)67(99)83-50(34-56(91)92)65(97)80-40(7)63(95)86-57(37(3)4)72(104)89-35-43(90)33-54(89)68(100)82-49(31-41-19-23-45(24-20-41)111-112(74,105)106)66(98)81-47(14-11-27-78-73(76)77)70(102)87-28-12-15-52(87)61(75)93/h17-26,36-37,39-40,43,47-54,57,90H,11-16,27-35H2,1-10H3,(H2,75,93)(H,79,96)(H,80,97)(H,81,98)(H,82,100)(H,83,99)(H,84,101)(H,85,94)(H,86,95)(H,91,92)(H4,76,77,78)/t39-,40-,43+,47-,48-,49-,50-,51-,52-,53-,54-,57?/m0/s1. The molecule has 4 aromatic rings. The lowest BCUT2D eigenvalue weighted by Gasteiger charge is -2.32. The van der Waals surface area contributed by atoms with Crippen LogP contribution in [0.2, 0.25) is 0 Å². The number of aliphatic imine (C=N–C) groups is 1. The molecular formula is C73H100FN15O22S. The molecule has 37 nitrogen and oxygen atoms in total. The molecule has 0 saturated carbocycles. The van der Waals surface area contributed by atoms with Crippen LogP contribution in [0.4, 0.5) is 3.89 Å². The van der Waals surface area contributed by atoms with Crippen molar-refractivity contribution < 1.29 is 108 Å². The first-order valence-corrected chi connectivity index (χ1v) is 37.7. The molecule has 4 heterocycles. The molecule has 16 N–H and O–H groups in total. The minimum atomic E-state index is -5.46. The van der Waals surface area contributed by atoms with Crippen molar-refractivity contribution in [1.82, 2.24) is 57.2 Å². The third-order valence-electron chi connectivity index (χ3n) is 19.3. The maximum Gasteiger partial charge on any atom is 0.488 e. The van der Waals surface area contributed by atoms with E-state index in [1.807, 2.05) is 13.8 Å². The third-order valence-corrected chi connectivity index (χ3v) is 19.7. The van der Waals surface area contributed by atoms with E-state index in [9.17, 15) is 84.8 Å². The lowest BCUT2D eigenvalue weighted by atomic mass is 10.0. The van der Waals surface area contributed by atoms with Crippen LogP contribution >= 0.6 is 0 Å². The number of nitrogens with two attached hydrogens (primary N) is 3. The first-order chi connectivity index (χ1) is 52.8. The molecule has 39 heteroatoms. The van der Waals surface area contributed by atoms with Crippen molar-refractivity contribution in [3.8, 4) is 23.0 Å². The van der Waals surface area contributed by atoms with Crippen LogP contribution in [0.25, 0.3) is 11.0 Å². The molecule has 612 valence electrons. The lowest BCUT2D eigenvalue weighted by Crippen LogP contribution is -2.61. The van der Waals surface area contributed by atoms with Gasteiger partial charge in [0.25, 0.3) is 5.91 Å². The first-order valence-electron chi connectivity index (χ1n) is 36.4. The number of aliphatic hydroxyl groups is 1. The molecule has 0 spiro atoms. The first kappa shape index (κ1) is 87.8. The Kier molecular flexibility index (Phi) is 31.0. The number of rotatable bonds is 38. The number of carboxylic acids is 1. The number of furan rings is 1. The molecule has 0 aliphatic carbocycles. The second-order valence-electron chi connectivity index (χ2n) is 28.4. The number of fused-ring (bicyclic) bond motifs is 1. The largest absolute Gasteiger partial charge is 0.497 e. The van der Waals surface area contributed by atoms with Crippen LogP contribution in [0.1, 0.15) is 127 Å². The molecular weight excluding hydrogens is 1490 g/mol. The maximum absolute atomic E-state index is 14.9. The number of methoxy groups -OCH3 is 3. The van der Waals surface area contributed by atoms with Crippen LogP contribution in [0.5, 0.6) is 23.0 Å². The average Bonchev–Trinajstić information content (AvgIpc) is 1.63. The van der Waals surface area contributed by atoms with E-state index in [0.29, 0.717) is 34.4 Å². The summed E-state index contributed by atoms with van der Waals surface area (Å²) in [5.41, 5.74) is 18.1. The van der Waals surface area contributed by atoms with Gasteiger partial charge in [0, 0.05) is 56.4 Å². The zero-order valence-electron chi connectivity index (χ0n) is 63.8. The van der Waals surface area contributed by atoms with Crippen LogP contribution in [-0.2, 0) is 80.9 Å². The number of guanidine groups is 1. The van der Waals surface area contributed by atoms with Crippen molar-refractivity contribution in [3.63, 3.8) is 0 Å². The SMILES string of the molecule is COc1ccc(C[C@H](NC(=O)[C@H](C)NC(=O)[C@H](CC(C)C)NC(=O)c2oc3c(OC)c(OC)ccc3c2C)C(=O)N2CCC[C@H]2C(=O)N[C@@H](CC(=O)O)C(=O)N[C@@H](C)C(=O)NC(C(=O)N2C[C@H](O)C[C@H]2C(=O)N[C@@H](Cc2ccc(OS(=O)(=O)F)cc2)C(=O)N[C@@H](CCCN=C(N)N)C(=O)N2CCC[C@H]2C(N)=O)C(C)C)cc1. The molecule has 12 atom stereocenters. The number of amides is 12. The molecule has 3 aliphatic heterocycles. The highest BCUT2D eigenvalue weighted by Crippen LogP contribution is 2.39. The quantitative estimate of drug-likeness (QED) is 0.0111. The Morgan fingerprint density at radius 3 is 1.70 bits per heavy atom.